The summed E-state index contributed by atoms with van der Waals surface area (Å²) in [5, 5.41) is 2.53. The molecule has 0 saturated heterocycles. The van der Waals surface area contributed by atoms with Crippen molar-refractivity contribution in [3.05, 3.63) is 59.8 Å². The largest absolute Gasteiger partial charge is 0.396 e. The van der Waals surface area contributed by atoms with Gasteiger partial charge < -0.3 is 11.1 Å². The Kier molecular flexibility index (Phi) is 4.38. The van der Waals surface area contributed by atoms with E-state index in [4.69, 9.17) is 5.73 Å². The number of benzene rings is 1. The monoisotopic (exact) mass is 337 g/mol. The Balaban J connectivity index is 2.06. The van der Waals surface area contributed by atoms with Gasteiger partial charge in [-0.3, -0.25) is 9.78 Å². The first-order valence-electron chi connectivity index (χ1n) is 7.57. The first-order chi connectivity index (χ1) is 12.0. The number of halogens is 1. The number of carbonyl (C=O) groups is 1. The first-order valence-corrected chi connectivity index (χ1v) is 7.57. The number of hydrogen-bond donors (Lipinski definition) is 2. The summed E-state index contributed by atoms with van der Waals surface area (Å²) in [5.74, 6) is -0.319. The lowest BCUT2D eigenvalue weighted by atomic mass is 10.1. The number of pyridine rings is 1. The molecular weight excluding hydrogens is 321 g/mol. The van der Waals surface area contributed by atoms with E-state index >= 15 is 0 Å². The normalized spacial score (nSPS) is 10.5. The Hall–Kier alpha value is -3.35. The van der Waals surface area contributed by atoms with E-state index in [1.165, 1.54) is 12.1 Å². The van der Waals surface area contributed by atoms with E-state index in [2.05, 4.69) is 20.3 Å². The van der Waals surface area contributed by atoms with Gasteiger partial charge in [-0.2, -0.15) is 0 Å². The molecule has 0 bridgehead atoms. The number of rotatable bonds is 3. The van der Waals surface area contributed by atoms with Gasteiger partial charge in [-0.05, 0) is 42.8 Å². The van der Waals surface area contributed by atoms with Crippen molar-refractivity contribution in [3.63, 3.8) is 0 Å². The lowest BCUT2D eigenvalue weighted by Gasteiger charge is -2.09. The van der Waals surface area contributed by atoms with E-state index in [1.807, 2.05) is 0 Å². The molecule has 2 aromatic heterocycles. The van der Waals surface area contributed by atoms with Gasteiger partial charge in [0.1, 0.15) is 11.5 Å². The number of nitrogens with one attached hydrogen (secondary N) is 1. The summed E-state index contributed by atoms with van der Waals surface area (Å²) >= 11 is 0. The average molecular weight is 337 g/mol. The third-order valence-corrected chi connectivity index (χ3v) is 3.76. The van der Waals surface area contributed by atoms with Gasteiger partial charge in [-0.25, -0.2) is 14.4 Å². The minimum atomic E-state index is -0.471. The summed E-state index contributed by atoms with van der Waals surface area (Å²) in [4.78, 5) is 24.6. The molecule has 126 valence electrons. The van der Waals surface area contributed by atoms with Gasteiger partial charge in [0.2, 0.25) is 0 Å². The fourth-order valence-electron chi connectivity index (χ4n) is 2.42. The van der Waals surface area contributed by atoms with Crippen LogP contribution < -0.4 is 11.1 Å². The topological polar surface area (TPSA) is 93.8 Å². The minimum Gasteiger partial charge on any atom is -0.396 e. The summed E-state index contributed by atoms with van der Waals surface area (Å²) in [6.45, 7) is 1.77. The fourth-order valence-corrected chi connectivity index (χ4v) is 2.42. The molecule has 0 unspecified atom stereocenters. The van der Waals surface area contributed by atoms with Crippen molar-refractivity contribution in [1.29, 1.82) is 0 Å². The summed E-state index contributed by atoms with van der Waals surface area (Å²) in [7, 11) is 1.54. The summed E-state index contributed by atoms with van der Waals surface area (Å²) in [5.41, 5.74) is 8.69. The second kappa shape index (κ2) is 6.64. The van der Waals surface area contributed by atoms with Gasteiger partial charge in [0.15, 0.2) is 5.82 Å². The van der Waals surface area contributed by atoms with E-state index in [-0.39, 0.29) is 11.6 Å². The van der Waals surface area contributed by atoms with Gasteiger partial charge in [0.25, 0.3) is 5.91 Å². The molecule has 0 atom stereocenters. The Morgan fingerprint density at radius 1 is 1.16 bits per heavy atom. The Labute approximate surface area is 144 Å². The molecule has 0 fully saturated rings. The molecule has 7 heteroatoms. The lowest BCUT2D eigenvalue weighted by Crippen LogP contribution is -2.19. The second-order valence-corrected chi connectivity index (χ2v) is 5.46. The number of anilines is 1. The molecular formula is C18H16FN5O. The van der Waals surface area contributed by atoms with Crippen LogP contribution in [-0.2, 0) is 0 Å². The number of aromatic nitrogens is 3. The molecule has 0 aliphatic carbocycles. The summed E-state index contributed by atoms with van der Waals surface area (Å²) < 4.78 is 13.6. The Morgan fingerprint density at radius 3 is 2.68 bits per heavy atom. The van der Waals surface area contributed by atoms with Gasteiger partial charge in [-0.1, -0.05) is 0 Å². The number of carbonyl (C=O) groups excluding carboxylic acids is 1. The number of amides is 1. The average Bonchev–Trinajstić information content (AvgIpc) is 2.64. The van der Waals surface area contributed by atoms with E-state index < -0.39 is 5.82 Å². The van der Waals surface area contributed by atoms with Crippen LogP contribution in [0.2, 0.25) is 0 Å². The third-order valence-electron chi connectivity index (χ3n) is 3.76. The van der Waals surface area contributed by atoms with Crippen LogP contribution in [0.25, 0.3) is 22.6 Å². The maximum Gasteiger partial charge on any atom is 0.269 e. The van der Waals surface area contributed by atoms with Gasteiger partial charge >= 0.3 is 0 Å². The van der Waals surface area contributed by atoms with Crippen LogP contribution in [0.5, 0.6) is 0 Å². The minimum absolute atomic E-state index is 0.0421. The molecule has 0 aliphatic rings. The van der Waals surface area contributed by atoms with Gasteiger partial charge in [-0.15, -0.1) is 0 Å². The van der Waals surface area contributed by atoms with Crippen molar-refractivity contribution in [2.45, 2.75) is 6.92 Å². The molecule has 25 heavy (non-hydrogen) atoms. The van der Waals surface area contributed by atoms with Crippen LogP contribution in [0, 0.1) is 12.7 Å². The zero-order valence-electron chi connectivity index (χ0n) is 13.7. The van der Waals surface area contributed by atoms with Gasteiger partial charge in [0, 0.05) is 30.6 Å². The number of nitrogens with zero attached hydrogens (tertiary/aromatic N) is 3. The van der Waals surface area contributed by atoms with E-state index in [9.17, 15) is 9.18 Å². The van der Waals surface area contributed by atoms with E-state index in [1.54, 1.807) is 44.6 Å². The molecule has 1 amide bonds. The molecule has 0 saturated carbocycles. The maximum atomic E-state index is 13.6. The highest BCUT2D eigenvalue weighted by molar-refractivity contribution is 5.93. The molecule has 1 aromatic carbocycles. The van der Waals surface area contributed by atoms with Crippen molar-refractivity contribution < 1.29 is 9.18 Å². The van der Waals surface area contributed by atoms with Crippen LogP contribution in [0.4, 0.5) is 10.1 Å². The molecule has 3 aromatic rings. The van der Waals surface area contributed by atoms with Crippen LogP contribution in [0.1, 0.15) is 16.1 Å². The molecule has 6 nitrogen and oxygen atoms in total. The highest BCUT2D eigenvalue weighted by Crippen LogP contribution is 2.26. The standard InChI is InChI=1S/C18H16FN5O/c1-10-7-13(19)14(20)9-12(10)17-23-6-4-15(24-17)11-3-5-22-16(8-11)18(25)21-2/h3-9H,20H2,1-2H3,(H,21,25). The molecule has 0 radical (unpaired) electrons. The van der Waals surface area contributed by atoms with Crippen molar-refractivity contribution >= 4 is 11.6 Å². The number of nitrogen functional groups attached to an aromatic ring is 1. The van der Waals surface area contributed by atoms with E-state index in [0.29, 0.717) is 28.3 Å². The fraction of sp³-hybridized carbons (Fsp3) is 0.111. The van der Waals surface area contributed by atoms with Crippen LogP contribution in [0.3, 0.4) is 0 Å². The molecule has 0 spiro atoms. The number of hydrogen-bond acceptors (Lipinski definition) is 5. The van der Waals surface area contributed by atoms with Gasteiger partial charge in [0.05, 0.1) is 11.4 Å². The molecule has 3 rings (SSSR count). The van der Waals surface area contributed by atoms with Crippen molar-refractivity contribution in [1.82, 2.24) is 20.3 Å². The predicted octanol–water partition coefficient (Wildman–Crippen LogP) is 2.59. The highest BCUT2D eigenvalue weighted by atomic mass is 19.1. The highest BCUT2D eigenvalue weighted by Gasteiger charge is 2.12. The quantitative estimate of drug-likeness (QED) is 0.717. The SMILES string of the molecule is CNC(=O)c1cc(-c2ccnc(-c3cc(N)c(F)cc3C)n2)ccn1. The Morgan fingerprint density at radius 2 is 1.92 bits per heavy atom. The maximum absolute atomic E-state index is 13.6. The van der Waals surface area contributed by atoms with Crippen LogP contribution >= 0.6 is 0 Å². The first kappa shape index (κ1) is 16.5. The molecule has 2 heterocycles. The Bertz CT molecular complexity index is 958. The summed E-state index contributed by atoms with van der Waals surface area (Å²) in [6.07, 6.45) is 3.15. The zero-order chi connectivity index (χ0) is 18.0. The van der Waals surface area contributed by atoms with Crippen LogP contribution in [0.15, 0.2) is 42.7 Å². The molecule has 3 N–H and O–H groups in total. The van der Waals surface area contributed by atoms with Crippen LogP contribution in [-0.4, -0.2) is 27.9 Å². The zero-order valence-corrected chi connectivity index (χ0v) is 13.7. The lowest BCUT2D eigenvalue weighted by molar-refractivity contribution is 0.0958. The van der Waals surface area contributed by atoms with E-state index in [0.717, 1.165) is 5.56 Å². The smallest absolute Gasteiger partial charge is 0.269 e. The predicted molar refractivity (Wildman–Crippen MR) is 93.2 cm³/mol. The molecule has 0 aliphatic heterocycles. The number of nitrogens with two attached hydrogens (primary N) is 1. The third kappa shape index (κ3) is 3.30. The summed E-state index contributed by atoms with van der Waals surface area (Å²) in [6, 6.07) is 8.01. The van der Waals surface area contributed by atoms with Crippen molar-refractivity contribution in [3.8, 4) is 22.6 Å². The number of aryl methyl sites for hydroxylation is 1. The second-order valence-electron chi connectivity index (χ2n) is 5.46. The van der Waals surface area contributed by atoms with Crippen molar-refractivity contribution in [2.24, 2.45) is 0 Å². The van der Waals surface area contributed by atoms with Crippen molar-refractivity contribution in [2.75, 3.05) is 12.8 Å².